The molecule has 1 heterocycles. The quantitative estimate of drug-likeness (QED) is 0.919. The summed E-state index contributed by atoms with van der Waals surface area (Å²) in [5.41, 5.74) is 2.91. The largest absolute Gasteiger partial charge is 0.480 e. The number of rotatable bonds is 5. The van der Waals surface area contributed by atoms with Crippen LogP contribution in [0.5, 0.6) is 0 Å². The summed E-state index contributed by atoms with van der Waals surface area (Å²) >= 11 is 5.86. The predicted molar refractivity (Wildman–Crippen MR) is 79.1 cm³/mol. The van der Waals surface area contributed by atoms with Crippen LogP contribution >= 0.6 is 11.6 Å². The molecule has 0 amide bonds. The number of aliphatic carboxylic acids is 1. The van der Waals surface area contributed by atoms with Crippen LogP contribution in [0.3, 0.4) is 0 Å². The lowest BCUT2D eigenvalue weighted by molar-refractivity contribution is -0.135. The van der Waals surface area contributed by atoms with Gasteiger partial charge in [-0.15, -0.1) is 0 Å². The van der Waals surface area contributed by atoms with Crippen molar-refractivity contribution in [1.82, 2.24) is 4.98 Å². The Labute approximate surface area is 122 Å². The van der Waals surface area contributed by atoms with Crippen molar-refractivity contribution in [2.75, 3.05) is 11.4 Å². The Bertz CT molecular complexity index is 599. The molecule has 2 rings (SSSR count). The lowest BCUT2D eigenvalue weighted by atomic mass is 10.1. The van der Waals surface area contributed by atoms with Crippen molar-refractivity contribution in [3.05, 3.63) is 58.9 Å². The highest BCUT2D eigenvalue weighted by molar-refractivity contribution is 6.30. The molecule has 1 aromatic carbocycles. The Morgan fingerprint density at radius 1 is 1.30 bits per heavy atom. The average molecular weight is 291 g/mol. The molecule has 0 fully saturated rings. The third kappa shape index (κ3) is 3.71. The third-order valence-corrected chi connectivity index (χ3v) is 3.28. The topological polar surface area (TPSA) is 53.4 Å². The minimum absolute atomic E-state index is 0.0734. The molecule has 0 aliphatic rings. The summed E-state index contributed by atoms with van der Waals surface area (Å²) in [5, 5.41) is 9.69. The maximum absolute atomic E-state index is 11.0. The molecule has 0 atom stereocenters. The number of carbonyl (C=O) groups is 1. The van der Waals surface area contributed by atoms with Crippen LogP contribution in [0.25, 0.3) is 0 Å². The lowest BCUT2D eigenvalue weighted by Crippen LogP contribution is -2.29. The van der Waals surface area contributed by atoms with E-state index in [1.807, 2.05) is 25.1 Å². The van der Waals surface area contributed by atoms with Gasteiger partial charge in [-0.05, 0) is 48.4 Å². The van der Waals surface area contributed by atoms with Crippen LogP contribution in [0, 0.1) is 6.92 Å². The Kier molecular flexibility index (Phi) is 4.58. The van der Waals surface area contributed by atoms with Gasteiger partial charge in [-0.2, -0.15) is 0 Å². The van der Waals surface area contributed by atoms with Gasteiger partial charge in [0.1, 0.15) is 6.54 Å². The fourth-order valence-corrected chi connectivity index (χ4v) is 2.05. The van der Waals surface area contributed by atoms with Crippen molar-refractivity contribution in [2.45, 2.75) is 13.5 Å². The molecule has 0 radical (unpaired) electrons. The van der Waals surface area contributed by atoms with Crippen molar-refractivity contribution in [1.29, 1.82) is 0 Å². The monoisotopic (exact) mass is 290 g/mol. The van der Waals surface area contributed by atoms with E-state index in [9.17, 15) is 4.79 Å². The normalized spacial score (nSPS) is 10.3. The lowest BCUT2D eigenvalue weighted by Gasteiger charge is -2.23. The van der Waals surface area contributed by atoms with Crippen molar-refractivity contribution in [3.8, 4) is 0 Å². The smallest absolute Gasteiger partial charge is 0.323 e. The Balaban J connectivity index is 2.26. The molecule has 0 unspecified atom stereocenters. The van der Waals surface area contributed by atoms with Crippen LogP contribution in [0.2, 0.25) is 5.02 Å². The van der Waals surface area contributed by atoms with Gasteiger partial charge in [-0.25, -0.2) is 0 Å². The minimum atomic E-state index is -0.874. The van der Waals surface area contributed by atoms with Gasteiger partial charge < -0.3 is 10.0 Å². The van der Waals surface area contributed by atoms with E-state index in [2.05, 4.69) is 4.98 Å². The highest BCUT2D eigenvalue weighted by Gasteiger charge is 2.12. The van der Waals surface area contributed by atoms with Crippen molar-refractivity contribution in [2.24, 2.45) is 0 Å². The number of aryl methyl sites for hydroxylation is 1. The molecule has 4 nitrogen and oxygen atoms in total. The number of carboxylic acid groups (broad SMARTS) is 1. The SMILES string of the molecule is Cc1ccncc1CN(CC(=O)O)c1ccc(Cl)cc1. The molecular formula is C15H15ClN2O2. The molecule has 20 heavy (non-hydrogen) atoms. The number of carboxylic acids is 1. The van der Waals surface area contributed by atoms with Crippen LogP contribution in [0.1, 0.15) is 11.1 Å². The van der Waals surface area contributed by atoms with Crippen molar-refractivity contribution < 1.29 is 9.90 Å². The highest BCUT2D eigenvalue weighted by Crippen LogP contribution is 2.20. The number of hydrogen-bond donors (Lipinski definition) is 1. The molecule has 1 aromatic heterocycles. The number of nitrogens with zero attached hydrogens (tertiary/aromatic N) is 2. The van der Waals surface area contributed by atoms with Gasteiger partial charge in [0.15, 0.2) is 0 Å². The average Bonchev–Trinajstić information content (AvgIpc) is 2.41. The van der Waals surface area contributed by atoms with Gasteiger partial charge in [-0.3, -0.25) is 9.78 Å². The summed E-state index contributed by atoms with van der Waals surface area (Å²) in [7, 11) is 0. The number of hydrogen-bond acceptors (Lipinski definition) is 3. The van der Waals surface area contributed by atoms with Crippen LogP contribution in [-0.4, -0.2) is 22.6 Å². The van der Waals surface area contributed by atoms with Crippen molar-refractivity contribution in [3.63, 3.8) is 0 Å². The minimum Gasteiger partial charge on any atom is -0.480 e. The zero-order valence-electron chi connectivity index (χ0n) is 11.1. The van der Waals surface area contributed by atoms with E-state index in [0.717, 1.165) is 16.8 Å². The fourth-order valence-electron chi connectivity index (χ4n) is 1.92. The maximum atomic E-state index is 11.0. The van der Waals surface area contributed by atoms with Crippen LogP contribution in [-0.2, 0) is 11.3 Å². The molecule has 0 saturated carbocycles. The Hall–Kier alpha value is -2.07. The summed E-state index contributed by atoms with van der Waals surface area (Å²) in [4.78, 5) is 16.9. The zero-order valence-corrected chi connectivity index (χ0v) is 11.8. The first-order chi connectivity index (χ1) is 9.56. The molecule has 2 aromatic rings. The van der Waals surface area contributed by atoms with E-state index < -0.39 is 5.97 Å². The van der Waals surface area contributed by atoms with Crippen LogP contribution < -0.4 is 4.90 Å². The van der Waals surface area contributed by atoms with E-state index in [0.29, 0.717) is 11.6 Å². The Morgan fingerprint density at radius 2 is 2.00 bits per heavy atom. The first-order valence-electron chi connectivity index (χ1n) is 6.18. The summed E-state index contributed by atoms with van der Waals surface area (Å²) < 4.78 is 0. The molecule has 1 N–H and O–H groups in total. The summed E-state index contributed by atoms with van der Waals surface area (Å²) in [6, 6.07) is 9.05. The molecule has 0 aliphatic heterocycles. The van der Waals surface area contributed by atoms with Gasteiger partial charge in [0.25, 0.3) is 0 Å². The zero-order chi connectivity index (χ0) is 14.5. The highest BCUT2D eigenvalue weighted by atomic mass is 35.5. The molecule has 0 saturated heterocycles. The molecule has 5 heteroatoms. The third-order valence-electron chi connectivity index (χ3n) is 3.03. The molecule has 0 spiro atoms. The summed E-state index contributed by atoms with van der Waals surface area (Å²) in [5.74, 6) is -0.874. The number of halogens is 1. The second-order valence-corrected chi connectivity index (χ2v) is 4.96. The van der Waals surface area contributed by atoms with Gasteiger partial charge in [0.2, 0.25) is 0 Å². The number of benzene rings is 1. The van der Waals surface area contributed by atoms with E-state index in [1.54, 1.807) is 29.4 Å². The van der Waals surface area contributed by atoms with Gasteiger partial charge in [0, 0.05) is 29.6 Å². The fraction of sp³-hybridized carbons (Fsp3) is 0.200. The van der Waals surface area contributed by atoms with E-state index in [-0.39, 0.29) is 6.54 Å². The molecule has 104 valence electrons. The molecule has 0 aliphatic carbocycles. The van der Waals surface area contributed by atoms with Gasteiger partial charge >= 0.3 is 5.97 Å². The van der Waals surface area contributed by atoms with Gasteiger partial charge in [0.05, 0.1) is 0 Å². The first-order valence-corrected chi connectivity index (χ1v) is 6.56. The van der Waals surface area contributed by atoms with Crippen molar-refractivity contribution >= 4 is 23.3 Å². The number of pyridine rings is 1. The second-order valence-electron chi connectivity index (χ2n) is 4.53. The maximum Gasteiger partial charge on any atom is 0.323 e. The van der Waals surface area contributed by atoms with E-state index in [4.69, 9.17) is 16.7 Å². The van der Waals surface area contributed by atoms with Gasteiger partial charge in [-0.1, -0.05) is 11.6 Å². The first kappa shape index (κ1) is 14.3. The summed E-state index contributed by atoms with van der Waals surface area (Å²) in [6.45, 7) is 2.40. The van der Waals surface area contributed by atoms with E-state index >= 15 is 0 Å². The van der Waals surface area contributed by atoms with E-state index in [1.165, 1.54) is 0 Å². The van der Waals surface area contributed by atoms with Crippen LogP contribution in [0.15, 0.2) is 42.7 Å². The standard InChI is InChI=1S/C15H15ClN2O2/c1-11-6-7-17-8-12(11)9-18(10-15(19)20)14-4-2-13(16)3-5-14/h2-8H,9-10H2,1H3,(H,19,20). The number of anilines is 1. The Morgan fingerprint density at radius 3 is 2.60 bits per heavy atom. The predicted octanol–water partition coefficient (Wildman–Crippen LogP) is 3.13. The second kappa shape index (κ2) is 6.39. The molecule has 0 bridgehead atoms. The molecular weight excluding hydrogens is 276 g/mol. The number of aromatic nitrogens is 1. The van der Waals surface area contributed by atoms with Crippen LogP contribution in [0.4, 0.5) is 5.69 Å². The summed E-state index contributed by atoms with van der Waals surface area (Å²) in [6.07, 6.45) is 3.49.